The molecule has 192 valence electrons. The molecule has 2 aromatic rings. The van der Waals surface area contributed by atoms with Crippen molar-refractivity contribution in [3.05, 3.63) is 23.7 Å². The third-order valence-electron chi connectivity index (χ3n) is 6.52. The second-order valence-electron chi connectivity index (χ2n) is 10.8. The summed E-state index contributed by atoms with van der Waals surface area (Å²) in [6.07, 6.45) is 3.50. The molecule has 0 aromatic carbocycles. The molecule has 4 heterocycles. The maximum absolute atomic E-state index is 12.5. The first-order chi connectivity index (χ1) is 16.6. The number of likely N-dealkylation sites (N-methyl/N-ethyl adjacent to an activating group) is 1. The lowest BCUT2D eigenvalue weighted by atomic mass is 9.96. The number of H-pyrrole nitrogens is 1. The fourth-order valence-corrected chi connectivity index (χ4v) is 4.59. The summed E-state index contributed by atoms with van der Waals surface area (Å²) in [5, 5.41) is 10.6. The van der Waals surface area contributed by atoms with Crippen LogP contribution in [0.3, 0.4) is 0 Å². The smallest absolute Gasteiger partial charge is 0.410 e. The number of likely N-dealkylation sites (tertiary alicyclic amines) is 1. The minimum Gasteiger partial charge on any atom is -0.444 e. The van der Waals surface area contributed by atoms with Crippen LogP contribution in [0.25, 0.3) is 0 Å². The van der Waals surface area contributed by atoms with Crippen molar-refractivity contribution in [2.75, 3.05) is 56.5 Å². The Labute approximate surface area is 208 Å². The van der Waals surface area contributed by atoms with Gasteiger partial charge in [0.1, 0.15) is 23.1 Å². The molecule has 1 amide bonds. The minimum atomic E-state index is -0.476. The summed E-state index contributed by atoms with van der Waals surface area (Å²) in [6.45, 7) is 13.1. The van der Waals surface area contributed by atoms with Crippen LogP contribution < -0.4 is 10.2 Å². The molecule has 0 saturated carbocycles. The van der Waals surface area contributed by atoms with Crippen LogP contribution in [0.2, 0.25) is 0 Å². The van der Waals surface area contributed by atoms with Gasteiger partial charge in [0, 0.05) is 63.5 Å². The summed E-state index contributed by atoms with van der Waals surface area (Å²) in [5.41, 5.74) is 0.519. The van der Waals surface area contributed by atoms with Crippen molar-refractivity contribution in [3.8, 4) is 0 Å². The van der Waals surface area contributed by atoms with Crippen LogP contribution in [0, 0.1) is 12.8 Å². The van der Waals surface area contributed by atoms with Crippen molar-refractivity contribution >= 4 is 23.5 Å². The standard InChI is InChI=1S/C25H40N8O2/c1-18-15-22(30-29-18)27-21-17-23(32-13-11-31(5)12-14-32)28-20(26-21)16-19-7-6-9-33(10-8-19)24(34)35-25(2,3)4/h15,17,19H,6-14,16H2,1-5H3,(H2,26,27,28,29,30). The largest absolute Gasteiger partial charge is 0.444 e. The first-order valence-corrected chi connectivity index (χ1v) is 12.7. The molecule has 0 spiro atoms. The molecule has 0 bridgehead atoms. The van der Waals surface area contributed by atoms with E-state index in [1.807, 2.05) is 44.7 Å². The van der Waals surface area contributed by atoms with Crippen LogP contribution in [-0.2, 0) is 11.2 Å². The molecule has 0 radical (unpaired) electrons. The summed E-state index contributed by atoms with van der Waals surface area (Å²) in [5.74, 6) is 3.73. The van der Waals surface area contributed by atoms with Gasteiger partial charge in [0.15, 0.2) is 5.82 Å². The van der Waals surface area contributed by atoms with Crippen LogP contribution in [-0.4, -0.2) is 88.0 Å². The Morgan fingerprint density at radius 1 is 1.09 bits per heavy atom. The first-order valence-electron chi connectivity index (χ1n) is 12.7. The van der Waals surface area contributed by atoms with Gasteiger partial charge in [-0.15, -0.1) is 0 Å². The number of aromatic amines is 1. The van der Waals surface area contributed by atoms with Gasteiger partial charge in [-0.05, 0) is 59.9 Å². The van der Waals surface area contributed by atoms with E-state index in [1.165, 1.54) is 0 Å². The van der Waals surface area contributed by atoms with Gasteiger partial charge in [-0.25, -0.2) is 14.8 Å². The van der Waals surface area contributed by atoms with E-state index in [1.54, 1.807) is 0 Å². The second kappa shape index (κ2) is 10.8. The van der Waals surface area contributed by atoms with Crippen LogP contribution in [0.1, 0.15) is 51.6 Å². The molecule has 2 saturated heterocycles. The topological polar surface area (TPSA) is 103 Å². The van der Waals surface area contributed by atoms with Gasteiger partial charge in [0.05, 0.1) is 0 Å². The summed E-state index contributed by atoms with van der Waals surface area (Å²) in [4.78, 5) is 28.9. The molecule has 2 aliphatic heterocycles. The first kappa shape index (κ1) is 25.2. The number of hydrogen-bond acceptors (Lipinski definition) is 8. The summed E-state index contributed by atoms with van der Waals surface area (Å²) >= 11 is 0. The van der Waals surface area contributed by atoms with Crippen molar-refractivity contribution in [2.24, 2.45) is 5.92 Å². The van der Waals surface area contributed by atoms with E-state index in [0.29, 0.717) is 12.5 Å². The zero-order valence-corrected chi connectivity index (χ0v) is 21.8. The van der Waals surface area contributed by atoms with E-state index in [0.717, 1.165) is 87.4 Å². The Morgan fingerprint density at radius 2 is 1.86 bits per heavy atom. The molecule has 2 aliphatic rings. The van der Waals surface area contributed by atoms with Crippen molar-refractivity contribution in [1.29, 1.82) is 0 Å². The monoisotopic (exact) mass is 484 g/mol. The van der Waals surface area contributed by atoms with E-state index >= 15 is 0 Å². The van der Waals surface area contributed by atoms with Crippen molar-refractivity contribution in [1.82, 2.24) is 30.0 Å². The number of ether oxygens (including phenoxy) is 1. The van der Waals surface area contributed by atoms with E-state index in [4.69, 9.17) is 14.7 Å². The van der Waals surface area contributed by atoms with Gasteiger partial charge in [-0.1, -0.05) is 0 Å². The van der Waals surface area contributed by atoms with Gasteiger partial charge in [-0.2, -0.15) is 5.10 Å². The Bertz CT molecular complexity index is 994. The van der Waals surface area contributed by atoms with Crippen LogP contribution in [0.5, 0.6) is 0 Å². The molecular formula is C25H40N8O2. The lowest BCUT2D eigenvalue weighted by molar-refractivity contribution is 0.0255. The molecule has 4 rings (SSSR count). The van der Waals surface area contributed by atoms with Crippen molar-refractivity contribution in [2.45, 2.75) is 59.0 Å². The van der Waals surface area contributed by atoms with Gasteiger partial charge >= 0.3 is 6.09 Å². The number of hydrogen-bond donors (Lipinski definition) is 2. The molecule has 2 fully saturated rings. The fourth-order valence-electron chi connectivity index (χ4n) is 4.59. The van der Waals surface area contributed by atoms with Gasteiger partial charge in [0.2, 0.25) is 0 Å². The highest BCUT2D eigenvalue weighted by molar-refractivity contribution is 5.68. The number of aromatic nitrogens is 4. The maximum atomic E-state index is 12.5. The van der Waals surface area contributed by atoms with Gasteiger partial charge in [-0.3, -0.25) is 5.10 Å². The molecule has 1 unspecified atom stereocenters. The molecule has 10 heteroatoms. The average molecular weight is 485 g/mol. The number of amides is 1. The number of aryl methyl sites for hydroxylation is 1. The van der Waals surface area contributed by atoms with Gasteiger partial charge < -0.3 is 24.8 Å². The third kappa shape index (κ3) is 7.30. The highest BCUT2D eigenvalue weighted by atomic mass is 16.6. The Balaban J connectivity index is 1.47. The van der Waals surface area contributed by atoms with Crippen molar-refractivity contribution < 1.29 is 9.53 Å². The zero-order chi connectivity index (χ0) is 25.0. The summed E-state index contributed by atoms with van der Waals surface area (Å²) in [7, 11) is 2.16. The highest BCUT2D eigenvalue weighted by Gasteiger charge is 2.26. The summed E-state index contributed by atoms with van der Waals surface area (Å²) < 4.78 is 5.59. The second-order valence-corrected chi connectivity index (χ2v) is 10.8. The average Bonchev–Trinajstić information content (AvgIpc) is 3.04. The molecule has 2 N–H and O–H groups in total. The Kier molecular flexibility index (Phi) is 7.78. The lowest BCUT2D eigenvalue weighted by Gasteiger charge is -2.33. The summed E-state index contributed by atoms with van der Waals surface area (Å²) in [6, 6.07) is 3.99. The SMILES string of the molecule is Cc1cc(Nc2cc(N3CCN(C)CC3)nc(CC3CCCN(C(=O)OC(C)(C)C)CC3)n2)n[nH]1. The molecule has 35 heavy (non-hydrogen) atoms. The van der Waals surface area contributed by atoms with Crippen LogP contribution >= 0.6 is 0 Å². The van der Waals surface area contributed by atoms with E-state index in [2.05, 4.69) is 32.4 Å². The molecule has 0 aliphatic carbocycles. The van der Waals surface area contributed by atoms with Crippen LogP contribution in [0.15, 0.2) is 12.1 Å². The minimum absolute atomic E-state index is 0.216. The number of anilines is 3. The number of carbonyl (C=O) groups is 1. The predicted molar refractivity (Wildman–Crippen MR) is 137 cm³/mol. The van der Waals surface area contributed by atoms with E-state index in [9.17, 15) is 4.79 Å². The molecule has 2 aromatic heterocycles. The third-order valence-corrected chi connectivity index (χ3v) is 6.52. The quantitative estimate of drug-likeness (QED) is 0.664. The normalized spacial score (nSPS) is 20.0. The zero-order valence-electron chi connectivity index (χ0n) is 21.8. The van der Waals surface area contributed by atoms with E-state index in [-0.39, 0.29) is 6.09 Å². The lowest BCUT2D eigenvalue weighted by Crippen LogP contribution is -2.45. The fraction of sp³-hybridized carbons (Fsp3) is 0.680. The Morgan fingerprint density at radius 3 is 2.54 bits per heavy atom. The molecule has 10 nitrogen and oxygen atoms in total. The van der Waals surface area contributed by atoms with Crippen LogP contribution in [0.4, 0.5) is 22.2 Å². The molecule has 1 atom stereocenters. The maximum Gasteiger partial charge on any atom is 0.410 e. The number of carbonyl (C=O) groups excluding carboxylic acids is 1. The van der Waals surface area contributed by atoms with Crippen molar-refractivity contribution in [3.63, 3.8) is 0 Å². The number of piperazine rings is 1. The number of nitrogens with one attached hydrogen (secondary N) is 2. The number of rotatable bonds is 5. The van der Waals surface area contributed by atoms with Gasteiger partial charge in [0.25, 0.3) is 0 Å². The number of nitrogens with zero attached hydrogens (tertiary/aromatic N) is 6. The molecular weight excluding hydrogens is 444 g/mol. The Hall–Kier alpha value is -2.88. The van der Waals surface area contributed by atoms with E-state index < -0.39 is 5.60 Å². The highest BCUT2D eigenvalue weighted by Crippen LogP contribution is 2.25. The predicted octanol–water partition coefficient (Wildman–Crippen LogP) is 3.58.